The lowest BCUT2D eigenvalue weighted by atomic mass is 9.87. The molecular weight excluding hydrogens is 398 g/mol. The molecule has 0 fully saturated rings. The summed E-state index contributed by atoms with van der Waals surface area (Å²) in [5, 5.41) is 12.3. The molecule has 0 spiro atoms. The Morgan fingerprint density at radius 2 is 2.23 bits per heavy atom. The zero-order valence-corrected chi connectivity index (χ0v) is 17.8. The van der Waals surface area contributed by atoms with Crippen molar-refractivity contribution in [2.75, 3.05) is 18.9 Å². The number of nitrogens with zero attached hydrogens (tertiary/aromatic N) is 5. The monoisotopic (exact) mass is 421 g/mol. The molecule has 1 aliphatic rings. The lowest BCUT2D eigenvalue weighted by Crippen LogP contribution is -2.35. The van der Waals surface area contributed by atoms with Crippen molar-refractivity contribution in [3.05, 3.63) is 35.2 Å². The maximum atomic E-state index is 12.8. The molecular formula is C21H23N7OS. The molecule has 30 heavy (non-hydrogen) atoms. The number of anilines is 2. The van der Waals surface area contributed by atoms with Crippen molar-refractivity contribution in [2.24, 2.45) is 5.92 Å². The number of H-pyrrole nitrogens is 1. The van der Waals surface area contributed by atoms with E-state index in [1.165, 1.54) is 10.4 Å². The summed E-state index contributed by atoms with van der Waals surface area (Å²) in [4.78, 5) is 30.3. The number of pyridine rings is 1. The quantitative estimate of drug-likeness (QED) is 0.510. The van der Waals surface area contributed by atoms with Crippen LogP contribution in [-0.2, 0) is 17.6 Å². The van der Waals surface area contributed by atoms with E-state index in [2.05, 4.69) is 37.4 Å². The number of aromatic amines is 1. The van der Waals surface area contributed by atoms with Gasteiger partial charge in [-0.25, -0.2) is 15.0 Å². The van der Waals surface area contributed by atoms with Gasteiger partial charge in [0.1, 0.15) is 17.0 Å². The molecule has 0 radical (unpaired) electrons. The molecule has 0 aromatic carbocycles. The minimum Gasteiger partial charge on any atom is -0.346 e. The van der Waals surface area contributed by atoms with Crippen molar-refractivity contribution in [3.8, 4) is 0 Å². The van der Waals surface area contributed by atoms with E-state index in [-0.39, 0.29) is 11.8 Å². The van der Waals surface area contributed by atoms with Crippen LogP contribution in [0.2, 0.25) is 0 Å². The Balaban J connectivity index is 1.46. The molecule has 1 unspecified atom stereocenters. The molecule has 1 aliphatic carbocycles. The Bertz CT molecular complexity index is 1230. The Hall–Kier alpha value is -3.07. The summed E-state index contributed by atoms with van der Waals surface area (Å²) >= 11 is 1.68. The summed E-state index contributed by atoms with van der Waals surface area (Å²) in [5.74, 6) is 1.10. The van der Waals surface area contributed by atoms with Crippen molar-refractivity contribution in [2.45, 2.75) is 32.6 Å². The van der Waals surface area contributed by atoms with E-state index in [9.17, 15) is 4.79 Å². The number of fused-ring (bicyclic) bond motifs is 4. The summed E-state index contributed by atoms with van der Waals surface area (Å²) in [6.45, 7) is 2.91. The van der Waals surface area contributed by atoms with E-state index < -0.39 is 0 Å². The van der Waals surface area contributed by atoms with Crippen LogP contribution in [0, 0.1) is 5.92 Å². The maximum Gasteiger partial charge on any atom is 0.225 e. The maximum absolute atomic E-state index is 12.8. The zero-order chi connectivity index (χ0) is 20.7. The van der Waals surface area contributed by atoms with Crippen LogP contribution < -0.4 is 5.32 Å². The van der Waals surface area contributed by atoms with Crippen LogP contribution in [0.15, 0.2) is 24.8 Å². The Kier molecular flexibility index (Phi) is 4.82. The fourth-order valence-electron chi connectivity index (χ4n) is 4.21. The number of carbonyl (C=O) groups is 1. The largest absolute Gasteiger partial charge is 0.346 e. The number of aryl methyl sites for hydroxylation is 1. The van der Waals surface area contributed by atoms with Gasteiger partial charge in [0.25, 0.3) is 0 Å². The zero-order valence-electron chi connectivity index (χ0n) is 17.0. The van der Waals surface area contributed by atoms with E-state index in [1.807, 2.05) is 18.0 Å². The minimum atomic E-state index is 0.0548. The molecule has 154 valence electrons. The first-order valence-corrected chi connectivity index (χ1v) is 11.0. The van der Waals surface area contributed by atoms with Gasteiger partial charge in [0.15, 0.2) is 5.65 Å². The fourth-order valence-corrected chi connectivity index (χ4v) is 5.48. The highest BCUT2D eigenvalue weighted by atomic mass is 32.1. The normalized spacial score (nSPS) is 16.0. The van der Waals surface area contributed by atoms with E-state index in [4.69, 9.17) is 0 Å². The topological polar surface area (TPSA) is 99.7 Å². The average molecular weight is 422 g/mol. The molecule has 8 nitrogen and oxygen atoms in total. The predicted octanol–water partition coefficient (Wildman–Crippen LogP) is 3.68. The highest BCUT2D eigenvalue weighted by Crippen LogP contribution is 2.40. The highest BCUT2D eigenvalue weighted by Gasteiger charge is 2.30. The first-order valence-electron chi connectivity index (χ1n) is 10.2. The molecule has 0 saturated heterocycles. The van der Waals surface area contributed by atoms with Crippen molar-refractivity contribution in [3.63, 3.8) is 0 Å². The van der Waals surface area contributed by atoms with Crippen LogP contribution in [0.25, 0.3) is 21.3 Å². The van der Waals surface area contributed by atoms with Crippen molar-refractivity contribution in [1.29, 1.82) is 0 Å². The third-order valence-electron chi connectivity index (χ3n) is 5.68. The van der Waals surface area contributed by atoms with Crippen LogP contribution in [0.1, 0.15) is 30.2 Å². The van der Waals surface area contributed by atoms with Gasteiger partial charge in [-0.1, -0.05) is 6.92 Å². The average Bonchev–Trinajstić information content (AvgIpc) is 3.37. The molecule has 4 aromatic heterocycles. The van der Waals surface area contributed by atoms with E-state index in [1.54, 1.807) is 30.1 Å². The summed E-state index contributed by atoms with van der Waals surface area (Å²) in [5.41, 5.74) is 2.89. The van der Waals surface area contributed by atoms with Crippen molar-refractivity contribution < 1.29 is 4.79 Å². The highest BCUT2D eigenvalue weighted by molar-refractivity contribution is 7.19. The van der Waals surface area contributed by atoms with E-state index in [0.717, 1.165) is 65.0 Å². The summed E-state index contributed by atoms with van der Waals surface area (Å²) in [7, 11) is 1.91. The van der Waals surface area contributed by atoms with Crippen LogP contribution in [0.4, 0.5) is 11.5 Å². The van der Waals surface area contributed by atoms with Gasteiger partial charge in [-0.3, -0.25) is 9.89 Å². The molecule has 0 bridgehead atoms. The Morgan fingerprint density at radius 3 is 3.10 bits per heavy atom. The van der Waals surface area contributed by atoms with Gasteiger partial charge in [0.05, 0.1) is 23.5 Å². The van der Waals surface area contributed by atoms with Crippen LogP contribution in [-0.4, -0.2) is 49.5 Å². The molecule has 5 rings (SSSR count). The predicted molar refractivity (Wildman–Crippen MR) is 118 cm³/mol. The Morgan fingerprint density at radius 1 is 1.33 bits per heavy atom. The number of carbonyl (C=O) groups excluding carboxylic acids is 1. The number of rotatable bonds is 5. The third kappa shape index (κ3) is 3.28. The number of hydrogen-bond acceptors (Lipinski definition) is 7. The van der Waals surface area contributed by atoms with Gasteiger partial charge in [-0.2, -0.15) is 5.10 Å². The van der Waals surface area contributed by atoms with Gasteiger partial charge < -0.3 is 10.2 Å². The summed E-state index contributed by atoms with van der Waals surface area (Å²) in [6.07, 6.45) is 8.61. The minimum absolute atomic E-state index is 0.0548. The van der Waals surface area contributed by atoms with E-state index >= 15 is 0 Å². The smallest absolute Gasteiger partial charge is 0.225 e. The van der Waals surface area contributed by atoms with Gasteiger partial charge in [0, 0.05) is 29.8 Å². The Labute approximate surface area is 177 Å². The molecule has 1 amide bonds. The van der Waals surface area contributed by atoms with Crippen molar-refractivity contribution >= 4 is 50.0 Å². The first-order chi connectivity index (χ1) is 14.6. The molecule has 4 heterocycles. The second kappa shape index (κ2) is 7.64. The van der Waals surface area contributed by atoms with Crippen LogP contribution in [0.5, 0.6) is 0 Å². The first kappa shape index (κ1) is 18.9. The molecule has 1 atom stereocenters. The lowest BCUT2D eigenvalue weighted by Gasteiger charge is -2.26. The second-order valence-electron chi connectivity index (χ2n) is 7.76. The molecule has 4 aromatic rings. The van der Waals surface area contributed by atoms with Gasteiger partial charge >= 0.3 is 0 Å². The molecule has 2 N–H and O–H groups in total. The third-order valence-corrected chi connectivity index (χ3v) is 6.85. The number of thiophene rings is 1. The van der Waals surface area contributed by atoms with Gasteiger partial charge in [-0.15, -0.1) is 11.3 Å². The number of hydrogen-bond donors (Lipinski definition) is 2. The molecule has 0 aliphatic heterocycles. The van der Waals surface area contributed by atoms with Gasteiger partial charge in [-0.05, 0) is 37.3 Å². The molecule has 0 saturated carbocycles. The summed E-state index contributed by atoms with van der Waals surface area (Å²) < 4.78 is 0. The SMILES string of the molecule is CCCN(C)C(=O)C1CCc2c(sc3ncnc(Nc4cnc5[nH]ncc5c4)c23)C1. The number of aromatic nitrogens is 5. The molecule has 9 heteroatoms. The van der Waals surface area contributed by atoms with Crippen molar-refractivity contribution in [1.82, 2.24) is 30.0 Å². The van der Waals surface area contributed by atoms with Crippen LogP contribution in [0.3, 0.4) is 0 Å². The fraction of sp³-hybridized carbons (Fsp3) is 0.381. The second-order valence-corrected chi connectivity index (χ2v) is 8.85. The number of amides is 1. The lowest BCUT2D eigenvalue weighted by molar-refractivity contribution is -0.134. The standard InChI is InChI=1S/C21H23N7OS/c1-3-6-28(2)21(29)12-4-5-15-16(8-12)30-20-17(15)19(23-11-24-20)26-14-7-13-9-25-27-18(13)22-10-14/h7,9-12H,3-6,8H2,1-2H3,(H,22,25,27)(H,23,24,26). The van der Waals surface area contributed by atoms with Crippen LogP contribution >= 0.6 is 11.3 Å². The number of nitrogens with one attached hydrogen (secondary N) is 2. The summed E-state index contributed by atoms with van der Waals surface area (Å²) in [6, 6.07) is 2.00. The van der Waals surface area contributed by atoms with E-state index in [0.29, 0.717) is 0 Å². The van der Waals surface area contributed by atoms with Gasteiger partial charge in [0.2, 0.25) is 5.91 Å².